The molecular weight excluding hydrogens is 328 g/mol. The topological polar surface area (TPSA) is 62.4 Å². The second kappa shape index (κ2) is 7.52. The lowest BCUT2D eigenvalue weighted by atomic mass is 9.94. The zero-order valence-electron chi connectivity index (χ0n) is 16.1. The number of hydrogen-bond acceptors (Lipinski definition) is 3. The smallest absolute Gasteiger partial charge is 0.338 e. The highest BCUT2D eigenvalue weighted by Crippen LogP contribution is 2.24. The Morgan fingerprint density at radius 2 is 1.88 bits per heavy atom. The molecule has 0 bridgehead atoms. The number of nitrogens with one attached hydrogen (secondary N) is 1. The SMILES string of the molecule is Cc1[nH]c2ccc(C(=O)O[C@H](C)C(=O)N(C)C3CCCCC3)cc2c1C. The van der Waals surface area contributed by atoms with E-state index in [0.717, 1.165) is 47.8 Å². The molecule has 5 heteroatoms. The Hall–Kier alpha value is -2.30. The van der Waals surface area contributed by atoms with Gasteiger partial charge in [0, 0.05) is 29.7 Å². The lowest BCUT2D eigenvalue weighted by Gasteiger charge is -2.32. The molecule has 0 radical (unpaired) electrons. The Kier molecular flexibility index (Phi) is 5.35. The van der Waals surface area contributed by atoms with E-state index in [0.29, 0.717) is 5.56 Å². The van der Waals surface area contributed by atoms with Gasteiger partial charge in [-0.05, 0) is 57.4 Å². The van der Waals surface area contributed by atoms with Crippen LogP contribution in [0.5, 0.6) is 0 Å². The van der Waals surface area contributed by atoms with Crippen LogP contribution in [0.15, 0.2) is 18.2 Å². The molecule has 140 valence electrons. The molecule has 1 aliphatic rings. The fourth-order valence-corrected chi connectivity index (χ4v) is 3.80. The van der Waals surface area contributed by atoms with E-state index in [1.807, 2.05) is 33.0 Å². The summed E-state index contributed by atoms with van der Waals surface area (Å²) in [4.78, 5) is 30.2. The average molecular weight is 356 g/mol. The van der Waals surface area contributed by atoms with Crippen LogP contribution in [0.1, 0.15) is 60.6 Å². The highest BCUT2D eigenvalue weighted by molar-refractivity contribution is 5.97. The fraction of sp³-hybridized carbons (Fsp3) is 0.524. The Morgan fingerprint density at radius 3 is 2.58 bits per heavy atom. The molecule has 2 aromatic rings. The zero-order valence-corrected chi connectivity index (χ0v) is 16.1. The van der Waals surface area contributed by atoms with Crippen molar-refractivity contribution >= 4 is 22.8 Å². The van der Waals surface area contributed by atoms with E-state index in [2.05, 4.69) is 4.98 Å². The van der Waals surface area contributed by atoms with Crippen molar-refractivity contribution in [3.8, 4) is 0 Å². The molecule has 1 fully saturated rings. The summed E-state index contributed by atoms with van der Waals surface area (Å²) in [7, 11) is 1.82. The van der Waals surface area contributed by atoms with E-state index in [1.54, 1.807) is 17.9 Å². The maximum atomic E-state index is 12.6. The van der Waals surface area contributed by atoms with E-state index in [-0.39, 0.29) is 11.9 Å². The maximum Gasteiger partial charge on any atom is 0.338 e. The fourth-order valence-electron chi connectivity index (χ4n) is 3.80. The third kappa shape index (κ3) is 3.62. The first-order valence-electron chi connectivity index (χ1n) is 9.45. The van der Waals surface area contributed by atoms with Crippen LogP contribution >= 0.6 is 0 Å². The number of benzene rings is 1. The molecule has 1 heterocycles. The molecule has 0 aliphatic heterocycles. The summed E-state index contributed by atoms with van der Waals surface area (Å²) in [5.41, 5.74) is 3.68. The van der Waals surface area contributed by atoms with Crippen molar-refractivity contribution in [1.82, 2.24) is 9.88 Å². The Bertz CT molecular complexity index is 818. The summed E-state index contributed by atoms with van der Waals surface area (Å²) in [6, 6.07) is 5.71. The lowest BCUT2D eigenvalue weighted by molar-refractivity contribution is -0.141. The molecule has 1 aliphatic carbocycles. The predicted octanol–water partition coefficient (Wildman–Crippen LogP) is 4.12. The number of aromatic nitrogens is 1. The number of likely N-dealkylation sites (N-methyl/N-ethyl adjacent to an activating group) is 1. The first-order valence-corrected chi connectivity index (χ1v) is 9.45. The first kappa shape index (κ1) is 18.5. The molecule has 3 rings (SSSR count). The Balaban J connectivity index is 1.68. The number of aromatic amines is 1. The molecule has 0 unspecified atom stereocenters. The number of rotatable bonds is 4. The van der Waals surface area contributed by atoms with E-state index in [4.69, 9.17) is 4.74 Å². The van der Waals surface area contributed by atoms with Crippen molar-refractivity contribution in [2.24, 2.45) is 0 Å². The van der Waals surface area contributed by atoms with Crippen molar-refractivity contribution in [1.29, 1.82) is 0 Å². The number of esters is 1. The average Bonchev–Trinajstić information content (AvgIpc) is 2.94. The molecule has 26 heavy (non-hydrogen) atoms. The minimum atomic E-state index is -0.779. The number of nitrogens with zero attached hydrogens (tertiary/aromatic N) is 1. The molecule has 0 spiro atoms. The number of ether oxygens (including phenoxy) is 1. The summed E-state index contributed by atoms with van der Waals surface area (Å²) in [5, 5.41) is 1.01. The van der Waals surface area contributed by atoms with Crippen molar-refractivity contribution in [3.63, 3.8) is 0 Å². The van der Waals surface area contributed by atoms with Gasteiger partial charge in [0.05, 0.1) is 5.56 Å². The number of amides is 1. The first-order chi connectivity index (χ1) is 12.4. The van der Waals surface area contributed by atoms with Crippen molar-refractivity contribution in [2.45, 2.75) is 65.0 Å². The van der Waals surface area contributed by atoms with Gasteiger partial charge in [0.25, 0.3) is 5.91 Å². The monoisotopic (exact) mass is 356 g/mol. The number of hydrogen-bond donors (Lipinski definition) is 1. The molecule has 0 saturated heterocycles. The normalized spacial score (nSPS) is 16.5. The summed E-state index contributed by atoms with van der Waals surface area (Å²) in [6.07, 6.45) is 4.85. The minimum Gasteiger partial charge on any atom is -0.449 e. The lowest BCUT2D eigenvalue weighted by Crippen LogP contribution is -2.44. The summed E-state index contributed by atoms with van der Waals surface area (Å²) >= 11 is 0. The van der Waals surface area contributed by atoms with Gasteiger partial charge in [-0.25, -0.2) is 4.79 Å². The van der Waals surface area contributed by atoms with Crippen molar-refractivity contribution in [3.05, 3.63) is 35.0 Å². The highest BCUT2D eigenvalue weighted by Gasteiger charge is 2.28. The largest absolute Gasteiger partial charge is 0.449 e. The standard InChI is InChI=1S/C21H28N2O3/c1-13-14(2)22-19-11-10-16(12-18(13)19)21(25)26-15(3)20(24)23(4)17-8-6-5-7-9-17/h10-12,15,17,22H,5-9H2,1-4H3/t15-/m1/s1. The third-order valence-corrected chi connectivity index (χ3v) is 5.65. The van der Waals surface area contributed by atoms with Gasteiger partial charge >= 0.3 is 5.97 Å². The number of carbonyl (C=O) groups is 2. The predicted molar refractivity (Wildman–Crippen MR) is 102 cm³/mol. The van der Waals surface area contributed by atoms with Gasteiger partial charge < -0.3 is 14.6 Å². The number of carbonyl (C=O) groups excluding carboxylic acids is 2. The van der Waals surface area contributed by atoms with Gasteiger partial charge in [0.1, 0.15) is 0 Å². The summed E-state index contributed by atoms with van der Waals surface area (Å²) < 4.78 is 5.47. The van der Waals surface area contributed by atoms with Crippen LogP contribution in [0.3, 0.4) is 0 Å². The summed E-state index contributed by atoms with van der Waals surface area (Å²) in [5.74, 6) is -0.581. The second-order valence-electron chi connectivity index (χ2n) is 7.42. The summed E-state index contributed by atoms with van der Waals surface area (Å²) in [6.45, 7) is 5.69. The van der Waals surface area contributed by atoms with E-state index in [1.165, 1.54) is 6.42 Å². The van der Waals surface area contributed by atoms with Gasteiger partial charge in [-0.3, -0.25) is 4.79 Å². The number of H-pyrrole nitrogens is 1. The molecule has 1 aromatic heterocycles. The van der Waals surface area contributed by atoms with Crippen LogP contribution in [0.4, 0.5) is 0 Å². The van der Waals surface area contributed by atoms with E-state index < -0.39 is 12.1 Å². The van der Waals surface area contributed by atoms with Crippen LogP contribution in [-0.4, -0.2) is 41.0 Å². The minimum absolute atomic E-state index is 0.125. The quantitative estimate of drug-likeness (QED) is 0.838. The number of aryl methyl sites for hydroxylation is 2. The molecule has 1 amide bonds. The van der Waals surface area contributed by atoms with Crippen LogP contribution < -0.4 is 0 Å². The molecule has 1 aromatic carbocycles. The van der Waals surface area contributed by atoms with Crippen molar-refractivity contribution < 1.29 is 14.3 Å². The molecule has 1 N–H and O–H groups in total. The van der Waals surface area contributed by atoms with E-state index >= 15 is 0 Å². The highest BCUT2D eigenvalue weighted by atomic mass is 16.5. The van der Waals surface area contributed by atoms with Gasteiger partial charge in [-0.2, -0.15) is 0 Å². The number of fused-ring (bicyclic) bond motifs is 1. The third-order valence-electron chi connectivity index (χ3n) is 5.65. The Morgan fingerprint density at radius 1 is 1.19 bits per heavy atom. The van der Waals surface area contributed by atoms with Crippen LogP contribution in [0, 0.1) is 13.8 Å². The molecule has 5 nitrogen and oxygen atoms in total. The molecule has 1 saturated carbocycles. The van der Waals surface area contributed by atoms with Gasteiger partial charge in [0.15, 0.2) is 6.10 Å². The molecule has 1 atom stereocenters. The zero-order chi connectivity index (χ0) is 18.8. The van der Waals surface area contributed by atoms with E-state index in [9.17, 15) is 9.59 Å². The maximum absolute atomic E-state index is 12.6. The van der Waals surface area contributed by atoms with Crippen LogP contribution in [0.2, 0.25) is 0 Å². The van der Waals surface area contributed by atoms with Gasteiger partial charge in [-0.1, -0.05) is 19.3 Å². The van der Waals surface area contributed by atoms with Crippen molar-refractivity contribution in [2.75, 3.05) is 7.05 Å². The van der Waals surface area contributed by atoms with Crippen LogP contribution in [0.25, 0.3) is 10.9 Å². The molecular formula is C21H28N2O3. The van der Waals surface area contributed by atoms with Gasteiger partial charge in [0.2, 0.25) is 0 Å². The van der Waals surface area contributed by atoms with Crippen LogP contribution in [-0.2, 0) is 9.53 Å². The van der Waals surface area contributed by atoms with Gasteiger partial charge in [-0.15, -0.1) is 0 Å². The second-order valence-corrected chi connectivity index (χ2v) is 7.42. The Labute approximate surface area is 154 Å².